The summed E-state index contributed by atoms with van der Waals surface area (Å²) >= 11 is 11.8. The number of ether oxygens (including phenoxy) is 1. The minimum atomic E-state index is -4.01. The average molecular weight is 353 g/mol. The number of carbonyl (C=O) groups is 1. The first-order valence-corrected chi connectivity index (χ1v) is 8.33. The quantitative estimate of drug-likeness (QED) is 0.886. The van der Waals surface area contributed by atoms with Gasteiger partial charge in [-0.3, -0.25) is 4.79 Å². The number of hydrogen-bond donors (Lipinski definition) is 1. The van der Waals surface area contributed by atoms with Crippen LogP contribution in [0.1, 0.15) is 6.92 Å². The van der Waals surface area contributed by atoms with Crippen molar-refractivity contribution in [3.63, 3.8) is 0 Å². The van der Waals surface area contributed by atoms with Crippen LogP contribution in [0.15, 0.2) is 23.1 Å². The van der Waals surface area contributed by atoms with Gasteiger partial charge in [0.05, 0.1) is 22.8 Å². The van der Waals surface area contributed by atoms with E-state index in [1.165, 1.54) is 18.2 Å². The van der Waals surface area contributed by atoms with E-state index < -0.39 is 28.1 Å². The zero-order valence-electron chi connectivity index (χ0n) is 11.1. The first kappa shape index (κ1) is 16.5. The van der Waals surface area contributed by atoms with E-state index in [0.29, 0.717) is 0 Å². The van der Waals surface area contributed by atoms with E-state index in [1.807, 2.05) is 0 Å². The molecule has 6 nitrogen and oxygen atoms in total. The van der Waals surface area contributed by atoms with Crippen LogP contribution in [0.5, 0.6) is 0 Å². The highest BCUT2D eigenvalue weighted by Crippen LogP contribution is 2.32. The van der Waals surface area contributed by atoms with E-state index in [9.17, 15) is 13.2 Å². The van der Waals surface area contributed by atoms with Crippen molar-refractivity contribution in [1.29, 1.82) is 0 Å². The molecule has 116 valence electrons. The number of nitrogens with two attached hydrogens (primary N) is 1. The highest BCUT2D eigenvalue weighted by molar-refractivity contribution is 7.89. The Kier molecular flexibility index (Phi) is 4.79. The number of primary amides is 1. The lowest BCUT2D eigenvalue weighted by atomic mass is 10.1. The van der Waals surface area contributed by atoms with Gasteiger partial charge in [0, 0.05) is 6.54 Å². The average Bonchev–Trinajstić information content (AvgIpc) is 2.41. The number of sulfonamides is 1. The molecule has 1 aliphatic rings. The fourth-order valence-electron chi connectivity index (χ4n) is 2.25. The second-order valence-electron chi connectivity index (χ2n) is 4.59. The van der Waals surface area contributed by atoms with Crippen LogP contribution in [-0.2, 0) is 19.6 Å². The predicted octanol–water partition coefficient (Wildman–Crippen LogP) is 1.26. The topological polar surface area (TPSA) is 89.7 Å². The second-order valence-corrected chi connectivity index (χ2v) is 7.23. The fourth-order valence-corrected chi connectivity index (χ4v) is 4.62. The number of halogens is 2. The molecule has 0 spiro atoms. The molecule has 0 bridgehead atoms. The normalized spacial score (nSPS) is 24.0. The first-order chi connectivity index (χ1) is 9.76. The number of benzene rings is 1. The third-order valence-electron chi connectivity index (χ3n) is 3.24. The predicted molar refractivity (Wildman–Crippen MR) is 78.8 cm³/mol. The Hall–Kier alpha value is -0.860. The number of carbonyl (C=O) groups excluding carboxylic acids is 1. The summed E-state index contributed by atoms with van der Waals surface area (Å²) in [6.45, 7) is 1.78. The largest absolute Gasteiger partial charge is 0.375 e. The first-order valence-electron chi connectivity index (χ1n) is 6.13. The highest BCUT2D eigenvalue weighted by Gasteiger charge is 2.42. The zero-order chi connectivity index (χ0) is 15.8. The molecule has 2 N–H and O–H groups in total. The van der Waals surface area contributed by atoms with Crippen LogP contribution in [0, 0.1) is 0 Å². The maximum absolute atomic E-state index is 12.7. The van der Waals surface area contributed by atoms with Crippen molar-refractivity contribution in [1.82, 2.24) is 4.31 Å². The van der Waals surface area contributed by atoms with Crippen molar-refractivity contribution in [3.05, 3.63) is 28.2 Å². The van der Waals surface area contributed by atoms with Crippen molar-refractivity contribution in [3.8, 4) is 0 Å². The number of morpholine rings is 1. The van der Waals surface area contributed by atoms with Crippen LogP contribution in [-0.4, -0.2) is 43.9 Å². The lowest BCUT2D eigenvalue weighted by Crippen LogP contribution is -2.58. The van der Waals surface area contributed by atoms with Crippen molar-refractivity contribution in [2.75, 3.05) is 13.2 Å². The molecule has 1 amide bonds. The molecule has 0 unspecified atom stereocenters. The van der Waals surface area contributed by atoms with Gasteiger partial charge in [-0.05, 0) is 19.1 Å². The Balaban J connectivity index is 2.51. The van der Waals surface area contributed by atoms with Crippen LogP contribution in [0.4, 0.5) is 0 Å². The smallest absolute Gasteiger partial charge is 0.245 e. The lowest BCUT2D eigenvalue weighted by Gasteiger charge is -2.36. The summed E-state index contributed by atoms with van der Waals surface area (Å²) in [5.74, 6) is -0.774. The van der Waals surface area contributed by atoms with Crippen LogP contribution in [0.2, 0.25) is 10.0 Å². The molecule has 9 heteroatoms. The molecule has 2 rings (SSSR count). The van der Waals surface area contributed by atoms with Gasteiger partial charge in [0.2, 0.25) is 15.9 Å². The van der Waals surface area contributed by atoms with Crippen molar-refractivity contribution < 1.29 is 17.9 Å². The van der Waals surface area contributed by atoms with E-state index in [-0.39, 0.29) is 28.1 Å². The monoisotopic (exact) mass is 352 g/mol. The molecular weight excluding hydrogens is 339 g/mol. The molecule has 21 heavy (non-hydrogen) atoms. The molecule has 1 aromatic carbocycles. The summed E-state index contributed by atoms with van der Waals surface area (Å²) in [7, 11) is -4.01. The van der Waals surface area contributed by atoms with Gasteiger partial charge in [0.25, 0.3) is 0 Å². The summed E-state index contributed by atoms with van der Waals surface area (Å²) in [5, 5.41) is 0.0382. The summed E-state index contributed by atoms with van der Waals surface area (Å²) in [6, 6.07) is 3.21. The molecule has 1 aromatic rings. The number of rotatable bonds is 3. The van der Waals surface area contributed by atoms with Gasteiger partial charge in [0.15, 0.2) is 0 Å². The minimum Gasteiger partial charge on any atom is -0.375 e. The van der Waals surface area contributed by atoms with Gasteiger partial charge in [-0.25, -0.2) is 8.42 Å². The van der Waals surface area contributed by atoms with E-state index in [4.69, 9.17) is 33.7 Å². The van der Waals surface area contributed by atoms with Gasteiger partial charge in [0.1, 0.15) is 10.9 Å². The second kappa shape index (κ2) is 6.10. The number of amides is 1. The molecule has 1 aliphatic heterocycles. The summed E-state index contributed by atoms with van der Waals surface area (Å²) in [6.07, 6.45) is -0.635. The lowest BCUT2D eigenvalue weighted by molar-refractivity contribution is -0.130. The summed E-state index contributed by atoms with van der Waals surface area (Å²) < 4.78 is 31.8. The Labute approximate surface area is 132 Å². The molecule has 1 heterocycles. The summed E-state index contributed by atoms with van der Waals surface area (Å²) in [5.41, 5.74) is 5.31. The van der Waals surface area contributed by atoms with Gasteiger partial charge >= 0.3 is 0 Å². The standard InChI is InChI=1S/C12H14Cl2N2O4S/c1-7-11(12(15)17)16(5-6-20-7)21(18,19)9-4-2-3-8(13)10(9)14/h2-4,7,11H,5-6H2,1H3,(H2,15,17)/t7-,11+/m1/s1. The molecular formula is C12H14Cl2N2O4S. The Morgan fingerprint density at radius 3 is 2.71 bits per heavy atom. The van der Waals surface area contributed by atoms with E-state index in [2.05, 4.69) is 0 Å². The molecule has 0 radical (unpaired) electrons. The van der Waals surface area contributed by atoms with E-state index in [0.717, 1.165) is 4.31 Å². The molecule has 0 aromatic heterocycles. The fraction of sp³-hybridized carbons (Fsp3) is 0.417. The van der Waals surface area contributed by atoms with Crippen LogP contribution >= 0.6 is 23.2 Å². The molecule has 2 atom stereocenters. The summed E-state index contributed by atoms with van der Waals surface area (Å²) in [4.78, 5) is 11.4. The molecule has 1 saturated heterocycles. The van der Waals surface area contributed by atoms with Gasteiger partial charge in [-0.2, -0.15) is 4.31 Å². The zero-order valence-corrected chi connectivity index (χ0v) is 13.5. The highest BCUT2D eigenvalue weighted by atomic mass is 35.5. The van der Waals surface area contributed by atoms with Crippen LogP contribution in [0.3, 0.4) is 0 Å². The Bertz CT molecular complexity index is 665. The number of nitrogens with zero attached hydrogens (tertiary/aromatic N) is 1. The van der Waals surface area contributed by atoms with Crippen LogP contribution < -0.4 is 5.73 Å². The third kappa shape index (κ3) is 3.02. The SMILES string of the molecule is C[C@H]1OCCN(S(=O)(=O)c2cccc(Cl)c2Cl)[C@@H]1C(N)=O. The van der Waals surface area contributed by atoms with Gasteiger partial charge < -0.3 is 10.5 Å². The molecule has 0 saturated carbocycles. The van der Waals surface area contributed by atoms with Crippen molar-refractivity contribution in [2.45, 2.75) is 24.0 Å². The maximum atomic E-state index is 12.7. The Morgan fingerprint density at radius 1 is 1.43 bits per heavy atom. The Morgan fingerprint density at radius 2 is 2.10 bits per heavy atom. The third-order valence-corrected chi connectivity index (χ3v) is 6.10. The van der Waals surface area contributed by atoms with Gasteiger partial charge in [-0.15, -0.1) is 0 Å². The number of hydrogen-bond acceptors (Lipinski definition) is 4. The van der Waals surface area contributed by atoms with Gasteiger partial charge in [-0.1, -0.05) is 29.3 Å². The molecule has 1 fully saturated rings. The van der Waals surface area contributed by atoms with Crippen molar-refractivity contribution in [2.24, 2.45) is 5.73 Å². The van der Waals surface area contributed by atoms with Crippen LogP contribution in [0.25, 0.3) is 0 Å². The maximum Gasteiger partial charge on any atom is 0.245 e. The molecule has 0 aliphatic carbocycles. The van der Waals surface area contributed by atoms with Crippen molar-refractivity contribution >= 4 is 39.1 Å². The minimum absolute atomic E-state index is 0.0170. The van der Waals surface area contributed by atoms with E-state index in [1.54, 1.807) is 6.92 Å². The van der Waals surface area contributed by atoms with E-state index >= 15 is 0 Å².